The molecule has 2 aliphatic rings. The maximum Gasteiger partial charge on any atom is 0.410 e. The number of likely N-dealkylation sites (N-methyl/N-ethyl adjacent to an activating group) is 1. The number of H-pyrrole nitrogens is 1. The van der Waals surface area contributed by atoms with Crippen molar-refractivity contribution in [2.45, 2.75) is 58.1 Å². The summed E-state index contributed by atoms with van der Waals surface area (Å²) < 4.78 is 6.43. The third-order valence-corrected chi connectivity index (χ3v) is 6.36. The van der Waals surface area contributed by atoms with Gasteiger partial charge in [0.25, 0.3) is 0 Å². The van der Waals surface area contributed by atoms with Gasteiger partial charge in [-0.25, -0.2) is 9.78 Å². The van der Waals surface area contributed by atoms with Gasteiger partial charge in [-0.05, 0) is 62.4 Å². The zero-order valence-electron chi connectivity index (χ0n) is 18.9. The third-order valence-electron chi connectivity index (χ3n) is 5.78. The Labute approximate surface area is 203 Å². The molecule has 0 spiro atoms. The topological polar surface area (TPSA) is 90.6 Å². The van der Waals surface area contributed by atoms with E-state index < -0.39 is 5.60 Å². The van der Waals surface area contributed by atoms with Gasteiger partial charge in [0.15, 0.2) is 0 Å². The van der Waals surface area contributed by atoms with E-state index in [-0.39, 0.29) is 36.4 Å². The van der Waals surface area contributed by atoms with E-state index in [0.717, 1.165) is 59.1 Å². The molecule has 1 unspecified atom stereocenters. The highest BCUT2D eigenvalue weighted by Crippen LogP contribution is 2.40. The second kappa shape index (κ2) is 9.47. The number of hydrogen-bond donors (Lipinski definition) is 2. The van der Waals surface area contributed by atoms with E-state index in [9.17, 15) is 9.59 Å². The Morgan fingerprint density at radius 1 is 1.31 bits per heavy atom. The number of rotatable bonds is 4. The van der Waals surface area contributed by atoms with Crippen LogP contribution in [0.15, 0.2) is 16.9 Å². The molecule has 1 aliphatic heterocycles. The summed E-state index contributed by atoms with van der Waals surface area (Å²) in [6.45, 7) is 7.16. The van der Waals surface area contributed by atoms with Crippen molar-refractivity contribution in [1.29, 1.82) is 0 Å². The maximum atomic E-state index is 12.6. The Hall–Kier alpha value is -2.00. The van der Waals surface area contributed by atoms with Gasteiger partial charge in [-0.3, -0.25) is 4.79 Å². The summed E-state index contributed by atoms with van der Waals surface area (Å²) in [5.41, 5.74) is 1.93. The van der Waals surface area contributed by atoms with Gasteiger partial charge in [0.05, 0.1) is 27.3 Å². The molecule has 0 bridgehead atoms. The lowest BCUT2D eigenvalue weighted by Crippen LogP contribution is -2.50. The van der Waals surface area contributed by atoms with Gasteiger partial charge < -0.3 is 24.8 Å². The minimum absolute atomic E-state index is 0. The summed E-state index contributed by atoms with van der Waals surface area (Å²) in [7, 11) is 1.80. The number of amides is 2. The van der Waals surface area contributed by atoms with Crippen LogP contribution in [0, 0.1) is 5.92 Å². The third kappa shape index (κ3) is 5.31. The SMILES string of the molecule is CN(C(=O)OC(C)(C)C)C1CCCN(c2c(Br)cnc3[nH]cc(NC(=O)C4CC4)c23)C1.Cl. The highest BCUT2D eigenvalue weighted by molar-refractivity contribution is 9.10. The lowest BCUT2D eigenvalue weighted by atomic mass is 10.0. The lowest BCUT2D eigenvalue weighted by Gasteiger charge is -2.39. The highest BCUT2D eigenvalue weighted by atomic mass is 79.9. The van der Waals surface area contributed by atoms with Crippen LogP contribution in [-0.4, -0.2) is 58.6 Å². The van der Waals surface area contributed by atoms with Gasteiger partial charge in [0.1, 0.15) is 11.2 Å². The van der Waals surface area contributed by atoms with Crippen LogP contribution < -0.4 is 10.2 Å². The number of carbonyl (C=O) groups excluding carboxylic acids is 2. The quantitative estimate of drug-likeness (QED) is 0.587. The fraction of sp³-hybridized carbons (Fsp3) is 0.591. The van der Waals surface area contributed by atoms with Crippen LogP contribution in [0.3, 0.4) is 0 Å². The normalized spacial score (nSPS) is 18.8. The standard InChI is InChI=1S/C22H30BrN5O3.ClH/c1-22(2,3)31-21(30)27(4)14-6-5-9-28(12-14)18-15(23)10-24-19-17(18)16(11-25-19)26-20(29)13-7-8-13;/h10-11,13-14H,5-9,12H2,1-4H3,(H,24,25)(H,26,29);1H. The maximum absolute atomic E-state index is 12.6. The van der Waals surface area contributed by atoms with Crippen molar-refractivity contribution in [2.24, 2.45) is 5.92 Å². The molecule has 4 rings (SSSR count). The molecule has 0 aromatic carbocycles. The van der Waals surface area contributed by atoms with E-state index in [0.29, 0.717) is 6.54 Å². The highest BCUT2D eigenvalue weighted by Gasteiger charge is 2.33. The zero-order chi connectivity index (χ0) is 22.3. The minimum Gasteiger partial charge on any atom is -0.444 e. The van der Waals surface area contributed by atoms with Crippen molar-refractivity contribution in [3.63, 3.8) is 0 Å². The Kier molecular flexibility index (Phi) is 7.29. The van der Waals surface area contributed by atoms with E-state index >= 15 is 0 Å². The van der Waals surface area contributed by atoms with E-state index in [2.05, 4.69) is 36.1 Å². The Morgan fingerprint density at radius 3 is 2.69 bits per heavy atom. The Morgan fingerprint density at radius 2 is 2.03 bits per heavy atom. The molecule has 3 heterocycles. The fourth-order valence-corrected chi connectivity index (χ4v) is 4.55. The van der Waals surface area contributed by atoms with Crippen LogP contribution in [0.25, 0.3) is 11.0 Å². The molecule has 2 N–H and O–H groups in total. The van der Waals surface area contributed by atoms with Crippen LogP contribution >= 0.6 is 28.3 Å². The smallest absolute Gasteiger partial charge is 0.410 e. The van der Waals surface area contributed by atoms with Crippen LogP contribution in [-0.2, 0) is 9.53 Å². The summed E-state index contributed by atoms with van der Waals surface area (Å²) in [5, 5.41) is 3.96. The molecule has 8 nitrogen and oxygen atoms in total. The second-order valence-corrected chi connectivity index (χ2v) is 10.3. The number of fused-ring (bicyclic) bond motifs is 1. The van der Waals surface area contributed by atoms with E-state index in [1.807, 2.05) is 27.0 Å². The number of pyridine rings is 1. The van der Waals surface area contributed by atoms with Crippen molar-refractivity contribution in [1.82, 2.24) is 14.9 Å². The molecule has 10 heteroatoms. The van der Waals surface area contributed by atoms with Crippen LogP contribution in [0.2, 0.25) is 0 Å². The molecule has 32 heavy (non-hydrogen) atoms. The molecule has 2 aromatic heterocycles. The number of aromatic amines is 1. The van der Waals surface area contributed by atoms with Gasteiger partial charge in [-0.2, -0.15) is 0 Å². The number of ether oxygens (including phenoxy) is 1. The second-order valence-electron chi connectivity index (χ2n) is 9.48. The van der Waals surface area contributed by atoms with Crippen molar-refractivity contribution in [3.05, 3.63) is 16.9 Å². The van der Waals surface area contributed by atoms with Crippen molar-refractivity contribution in [2.75, 3.05) is 30.4 Å². The monoisotopic (exact) mass is 527 g/mol. The molecular formula is C22H31BrClN5O3. The number of piperidine rings is 1. The van der Waals surface area contributed by atoms with E-state index in [1.165, 1.54) is 0 Å². The zero-order valence-corrected chi connectivity index (χ0v) is 21.3. The summed E-state index contributed by atoms with van der Waals surface area (Å²) in [4.78, 5) is 36.6. The largest absolute Gasteiger partial charge is 0.444 e. The van der Waals surface area contributed by atoms with E-state index in [1.54, 1.807) is 18.1 Å². The summed E-state index contributed by atoms with van der Waals surface area (Å²) in [5.74, 6) is 0.184. The number of anilines is 2. The first kappa shape index (κ1) is 24.6. The molecular weight excluding hydrogens is 498 g/mol. The number of nitrogens with one attached hydrogen (secondary N) is 2. The van der Waals surface area contributed by atoms with Crippen LogP contribution in [0.4, 0.5) is 16.2 Å². The first-order chi connectivity index (χ1) is 14.6. The van der Waals surface area contributed by atoms with Crippen LogP contribution in [0.1, 0.15) is 46.5 Å². The van der Waals surface area contributed by atoms with Gasteiger partial charge in [-0.15, -0.1) is 12.4 Å². The van der Waals surface area contributed by atoms with Gasteiger partial charge in [0, 0.05) is 38.4 Å². The molecule has 176 valence electrons. The molecule has 1 atom stereocenters. The molecule has 1 saturated carbocycles. The number of hydrogen-bond acceptors (Lipinski definition) is 5. The first-order valence-corrected chi connectivity index (χ1v) is 11.6. The summed E-state index contributed by atoms with van der Waals surface area (Å²) >= 11 is 3.67. The van der Waals surface area contributed by atoms with Crippen molar-refractivity contribution in [3.8, 4) is 0 Å². The Balaban J connectivity index is 0.00000289. The number of aromatic nitrogens is 2. The molecule has 2 aromatic rings. The summed E-state index contributed by atoms with van der Waals surface area (Å²) in [6, 6.07) is 0.0298. The molecule has 2 amide bonds. The summed E-state index contributed by atoms with van der Waals surface area (Å²) in [6.07, 6.45) is 7.04. The van der Waals surface area contributed by atoms with Crippen molar-refractivity contribution >= 4 is 62.7 Å². The van der Waals surface area contributed by atoms with Gasteiger partial charge >= 0.3 is 6.09 Å². The Bertz CT molecular complexity index is 1000. The average molecular weight is 529 g/mol. The first-order valence-electron chi connectivity index (χ1n) is 10.8. The number of halogens is 2. The van der Waals surface area contributed by atoms with Gasteiger partial charge in [0.2, 0.25) is 5.91 Å². The minimum atomic E-state index is -0.528. The molecule has 2 fully saturated rings. The predicted molar refractivity (Wildman–Crippen MR) is 132 cm³/mol. The molecule has 1 saturated heterocycles. The molecule has 0 radical (unpaired) electrons. The molecule has 1 aliphatic carbocycles. The number of nitrogens with zero attached hydrogens (tertiary/aromatic N) is 3. The van der Waals surface area contributed by atoms with E-state index in [4.69, 9.17) is 4.74 Å². The predicted octanol–water partition coefficient (Wildman–Crippen LogP) is 4.93. The van der Waals surface area contributed by atoms with Crippen molar-refractivity contribution < 1.29 is 14.3 Å². The number of carbonyl (C=O) groups is 2. The van der Waals surface area contributed by atoms with Gasteiger partial charge in [-0.1, -0.05) is 0 Å². The fourth-order valence-electron chi connectivity index (χ4n) is 4.00. The van der Waals surface area contributed by atoms with Crippen LogP contribution in [0.5, 0.6) is 0 Å². The average Bonchev–Trinajstić information content (AvgIpc) is 3.49. The lowest BCUT2D eigenvalue weighted by molar-refractivity contribution is -0.117.